The Morgan fingerprint density at radius 2 is 2.22 bits per heavy atom. The van der Waals surface area contributed by atoms with E-state index in [1.807, 2.05) is 38.1 Å². The Bertz CT molecular complexity index is 419. The van der Waals surface area contributed by atoms with Crippen molar-refractivity contribution in [2.45, 2.75) is 31.8 Å². The first kappa shape index (κ1) is 14.7. The second kappa shape index (κ2) is 5.98. The molecule has 0 aromatic heterocycles. The molecule has 0 radical (unpaired) electrons. The monoisotopic (exact) mass is 251 g/mol. The minimum Gasteiger partial charge on any atom is -0.481 e. The number of aryl methyl sites for hydroxylation is 1. The van der Waals surface area contributed by atoms with Gasteiger partial charge >= 0.3 is 5.97 Å². The number of methoxy groups -OCH3 is 1. The lowest BCUT2D eigenvalue weighted by Gasteiger charge is -2.31. The summed E-state index contributed by atoms with van der Waals surface area (Å²) < 4.78 is 5.19. The molecule has 0 amide bonds. The van der Waals surface area contributed by atoms with Crippen LogP contribution in [-0.2, 0) is 14.9 Å². The number of aliphatic carboxylic acids is 1. The summed E-state index contributed by atoms with van der Waals surface area (Å²) in [5.41, 5.74) is 6.44. The Morgan fingerprint density at radius 3 is 2.67 bits per heavy atom. The molecule has 0 saturated heterocycles. The molecule has 2 unspecified atom stereocenters. The molecule has 0 aliphatic carbocycles. The lowest BCUT2D eigenvalue weighted by atomic mass is 9.75. The Balaban J connectivity index is 3.22. The lowest BCUT2D eigenvalue weighted by molar-refractivity contribution is -0.145. The molecule has 2 atom stereocenters. The summed E-state index contributed by atoms with van der Waals surface area (Å²) in [7, 11) is 1.57. The van der Waals surface area contributed by atoms with Gasteiger partial charge in [-0.3, -0.25) is 4.79 Å². The van der Waals surface area contributed by atoms with Gasteiger partial charge in [-0.15, -0.1) is 0 Å². The van der Waals surface area contributed by atoms with Crippen LogP contribution >= 0.6 is 0 Å². The van der Waals surface area contributed by atoms with Crippen LogP contribution in [0, 0.1) is 6.92 Å². The second-order valence-corrected chi connectivity index (χ2v) is 4.71. The smallest absolute Gasteiger partial charge is 0.315 e. The molecule has 1 aromatic rings. The molecule has 3 N–H and O–H groups in total. The highest BCUT2D eigenvalue weighted by molar-refractivity contribution is 5.82. The number of carbonyl (C=O) groups is 1. The van der Waals surface area contributed by atoms with Gasteiger partial charge in [0.15, 0.2) is 0 Å². The van der Waals surface area contributed by atoms with E-state index in [0.717, 1.165) is 11.1 Å². The Morgan fingerprint density at radius 1 is 1.56 bits per heavy atom. The number of ether oxygens (including phenoxy) is 1. The highest BCUT2D eigenvalue weighted by atomic mass is 16.5. The fraction of sp³-hybridized carbons (Fsp3) is 0.500. The van der Waals surface area contributed by atoms with E-state index in [-0.39, 0.29) is 12.6 Å². The quantitative estimate of drug-likeness (QED) is 0.807. The van der Waals surface area contributed by atoms with Crippen molar-refractivity contribution in [3.63, 3.8) is 0 Å². The second-order valence-electron chi connectivity index (χ2n) is 4.71. The average molecular weight is 251 g/mol. The highest BCUT2D eigenvalue weighted by Crippen LogP contribution is 2.30. The fourth-order valence-electron chi connectivity index (χ4n) is 2.13. The van der Waals surface area contributed by atoms with Crippen molar-refractivity contribution in [2.24, 2.45) is 5.73 Å². The first-order chi connectivity index (χ1) is 8.46. The predicted octanol–water partition coefficient (Wildman–Crippen LogP) is 1.70. The number of benzene rings is 1. The molecule has 0 spiro atoms. The van der Waals surface area contributed by atoms with Crippen LogP contribution in [0.4, 0.5) is 0 Å². The molecule has 1 rings (SSSR count). The summed E-state index contributed by atoms with van der Waals surface area (Å²) in [5.74, 6) is -0.903. The molecule has 0 aliphatic heterocycles. The van der Waals surface area contributed by atoms with Crippen LogP contribution in [0.5, 0.6) is 0 Å². The Hall–Kier alpha value is -1.39. The zero-order valence-corrected chi connectivity index (χ0v) is 11.1. The van der Waals surface area contributed by atoms with Crippen LogP contribution in [0.15, 0.2) is 24.3 Å². The third-order valence-corrected chi connectivity index (χ3v) is 3.37. The van der Waals surface area contributed by atoms with Gasteiger partial charge in [0, 0.05) is 13.7 Å². The molecule has 0 heterocycles. The van der Waals surface area contributed by atoms with Crippen LogP contribution in [0.3, 0.4) is 0 Å². The maximum atomic E-state index is 11.7. The molecular weight excluding hydrogens is 230 g/mol. The summed E-state index contributed by atoms with van der Waals surface area (Å²) in [5, 5.41) is 9.58. The van der Waals surface area contributed by atoms with Crippen molar-refractivity contribution >= 4 is 5.97 Å². The summed E-state index contributed by atoms with van der Waals surface area (Å²) in [4.78, 5) is 11.7. The fourth-order valence-corrected chi connectivity index (χ4v) is 2.13. The molecule has 0 fully saturated rings. The van der Waals surface area contributed by atoms with Crippen LogP contribution < -0.4 is 5.73 Å². The van der Waals surface area contributed by atoms with Crippen molar-refractivity contribution in [1.29, 1.82) is 0 Å². The predicted molar refractivity (Wildman–Crippen MR) is 70.6 cm³/mol. The number of nitrogens with two attached hydrogens (primary N) is 1. The van der Waals surface area contributed by atoms with E-state index in [1.165, 1.54) is 0 Å². The van der Waals surface area contributed by atoms with Gasteiger partial charge in [0.25, 0.3) is 0 Å². The number of hydrogen-bond donors (Lipinski definition) is 2. The van der Waals surface area contributed by atoms with E-state index < -0.39 is 11.4 Å². The Labute approximate surface area is 108 Å². The molecule has 18 heavy (non-hydrogen) atoms. The van der Waals surface area contributed by atoms with E-state index in [1.54, 1.807) is 7.11 Å². The van der Waals surface area contributed by atoms with Gasteiger partial charge in [0.2, 0.25) is 0 Å². The van der Waals surface area contributed by atoms with Gasteiger partial charge in [-0.2, -0.15) is 0 Å². The summed E-state index contributed by atoms with van der Waals surface area (Å²) >= 11 is 0. The standard InChI is InChI=1S/C14H21NO3/c1-10-5-4-6-12(7-10)14(9-15,13(16)17)8-11(2)18-3/h4-7,11H,8-9,15H2,1-3H3,(H,16,17). The number of rotatable bonds is 6. The minimum atomic E-state index is -1.08. The SMILES string of the molecule is COC(C)CC(CN)(C(=O)O)c1cccc(C)c1. The van der Waals surface area contributed by atoms with Crippen LogP contribution in [0.2, 0.25) is 0 Å². The molecule has 100 valence electrons. The molecule has 0 bridgehead atoms. The molecule has 4 nitrogen and oxygen atoms in total. The van der Waals surface area contributed by atoms with E-state index in [9.17, 15) is 9.90 Å². The topological polar surface area (TPSA) is 72.5 Å². The average Bonchev–Trinajstić information content (AvgIpc) is 2.35. The number of carboxylic acids is 1. The summed E-state index contributed by atoms with van der Waals surface area (Å²) in [6, 6.07) is 7.49. The van der Waals surface area contributed by atoms with Crippen molar-refractivity contribution < 1.29 is 14.6 Å². The molecular formula is C14H21NO3. The largest absolute Gasteiger partial charge is 0.481 e. The third-order valence-electron chi connectivity index (χ3n) is 3.37. The van der Waals surface area contributed by atoms with Crippen LogP contribution in [0.1, 0.15) is 24.5 Å². The normalized spacial score (nSPS) is 16.0. The van der Waals surface area contributed by atoms with Gasteiger partial charge in [0.05, 0.1) is 6.10 Å². The van der Waals surface area contributed by atoms with Crippen molar-refractivity contribution in [2.75, 3.05) is 13.7 Å². The molecule has 4 heteroatoms. The third kappa shape index (κ3) is 2.89. The lowest BCUT2D eigenvalue weighted by Crippen LogP contribution is -2.45. The van der Waals surface area contributed by atoms with Gasteiger partial charge < -0.3 is 15.6 Å². The van der Waals surface area contributed by atoms with E-state index >= 15 is 0 Å². The zero-order chi connectivity index (χ0) is 13.8. The van der Waals surface area contributed by atoms with Gasteiger partial charge in [-0.25, -0.2) is 0 Å². The van der Waals surface area contributed by atoms with Crippen LogP contribution in [0.25, 0.3) is 0 Å². The highest BCUT2D eigenvalue weighted by Gasteiger charge is 2.40. The minimum absolute atomic E-state index is 0.0550. The Kier molecular flexibility index (Phi) is 4.87. The molecule has 0 aliphatic rings. The first-order valence-corrected chi connectivity index (χ1v) is 5.99. The van der Waals surface area contributed by atoms with E-state index in [2.05, 4.69) is 0 Å². The summed E-state index contributed by atoms with van der Waals surface area (Å²) in [6.45, 7) is 3.84. The maximum Gasteiger partial charge on any atom is 0.315 e. The van der Waals surface area contributed by atoms with E-state index in [0.29, 0.717) is 6.42 Å². The molecule has 0 saturated carbocycles. The van der Waals surface area contributed by atoms with Gasteiger partial charge in [-0.05, 0) is 25.8 Å². The van der Waals surface area contributed by atoms with Gasteiger partial charge in [0.1, 0.15) is 5.41 Å². The van der Waals surface area contributed by atoms with Crippen molar-refractivity contribution in [3.05, 3.63) is 35.4 Å². The maximum absolute atomic E-state index is 11.7. The molecule has 1 aromatic carbocycles. The van der Waals surface area contributed by atoms with Gasteiger partial charge in [-0.1, -0.05) is 29.8 Å². The van der Waals surface area contributed by atoms with Crippen molar-refractivity contribution in [1.82, 2.24) is 0 Å². The van der Waals surface area contributed by atoms with Crippen LogP contribution in [-0.4, -0.2) is 30.8 Å². The number of hydrogen-bond acceptors (Lipinski definition) is 3. The number of carboxylic acid groups (broad SMARTS) is 1. The van der Waals surface area contributed by atoms with E-state index in [4.69, 9.17) is 10.5 Å². The first-order valence-electron chi connectivity index (χ1n) is 5.99. The summed E-state index contributed by atoms with van der Waals surface area (Å²) in [6.07, 6.45) is 0.198. The van der Waals surface area contributed by atoms with Crippen molar-refractivity contribution in [3.8, 4) is 0 Å². The zero-order valence-electron chi connectivity index (χ0n) is 11.1.